The van der Waals surface area contributed by atoms with Crippen LogP contribution in [-0.2, 0) is 23.8 Å². The Kier molecular flexibility index (Phi) is 11.5. The van der Waals surface area contributed by atoms with Gasteiger partial charge in [-0.15, -0.1) is 0 Å². The van der Waals surface area contributed by atoms with Gasteiger partial charge in [-0.3, -0.25) is 9.59 Å². The molecule has 0 spiro atoms. The largest absolute Gasteiger partial charge is 0.466 e. The van der Waals surface area contributed by atoms with Gasteiger partial charge in [-0.25, -0.2) is 0 Å². The Morgan fingerprint density at radius 2 is 1.72 bits per heavy atom. The molecule has 10 heteroatoms. The number of amides is 1. The van der Waals surface area contributed by atoms with Crippen LogP contribution in [0.5, 0.6) is 0 Å². The molecule has 5 N–H and O–H groups in total. The molecule has 5 rings (SSSR count). The number of fused-ring (bicyclic) bond motifs is 5. The van der Waals surface area contributed by atoms with Gasteiger partial charge in [0, 0.05) is 13.8 Å². The Balaban J connectivity index is 1.42. The lowest BCUT2D eigenvalue weighted by Crippen LogP contribution is -2.65. The van der Waals surface area contributed by atoms with Crippen LogP contribution in [0, 0.1) is 52.3 Å². The molecule has 5 unspecified atom stereocenters. The van der Waals surface area contributed by atoms with Gasteiger partial charge in [-0.1, -0.05) is 52.7 Å². The van der Waals surface area contributed by atoms with Gasteiger partial charge in [-0.2, -0.15) is 0 Å². The zero-order valence-corrected chi connectivity index (χ0v) is 29.3. The third-order valence-corrected chi connectivity index (χ3v) is 13.3. The SMILES string of the molecule is CC(=O)NC1C(O)[C@@H](O)C(CO)O[C@@H]1O[C@H]1C[C@H]([C@H](C)CCC[C@@H](C)COC(C)=O)[C@@]2(C)CCC3[C@@H](C=C[C@H]4C[C@@H](O)CC[C@]34C)C12. The van der Waals surface area contributed by atoms with E-state index in [1.165, 1.54) is 13.8 Å². The highest BCUT2D eigenvalue weighted by atomic mass is 16.7. The van der Waals surface area contributed by atoms with Crippen LogP contribution in [0.25, 0.3) is 0 Å². The second-order valence-corrected chi connectivity index (χ2v) is 16.4. The Morgan fingerprint density at radius 1 is 1.00 bits per heavy atom. The van der Waals surface area contributed by atoms with E-state index in [1.807, 2.05) is 0 Å². The zero-order valence-electron chi connectivity index (χ0n) is 29.3. The number of aliphatic hydroxyl groups is 4. The molecule has 0 bridgehead atoms. The van der Waals surface area contributed by atoms with Crippen molar-refractivity contribution in [2.45, 2.75) is 142 Å². The van der Waals surface area contributed by atoms with Gasteiger partial charge < -0.3 is 40.0 Å². The summed E-state index contributed by atoms with van der Waals surface area (Å²) < 4.78 is 18.3. The summed E-state index contributed by atoms with van der Waals surface area (Å²) in [4.78, 5) is 23.5. The van der Waals surface area contributed by atoms with Crippen molar-refractivity contribution in [1.29, 1.82) is 0 Å². The van der Waals surface area contributed by atoms with Crippen LogP contribution in [0.4, 0.5) is 0 Å². The maximum absolute atomic E-state index is 12.2. The van der Waals surface area contributed by atoms with E-state index < -0.39 is 37.3 Å². The maximum Gasteiger partial charge on any atom is 0.302 e. The van der Waals surface area contributed by atoms with Crippen molar-refractivity contribution in [3.63, 3.8) is 0 Å². The Labute approximate surface area is 281 Å². The van der Waals surface area contributed by atoms with Crippen molar-refractivity contribution in [3.8, 4) is 0 Å². The number of allylic oxidation sites excluding steroid dienone is 2. The number of nitrogens with one attached hydrogen (secondary N) is 1. The van der Waals surface area contributed by atoms with E-state index in [2.05, 4.69) is 45.2 Å². The third kappa shape index (κ3) is 7.34. The van der Waals surface area contributed by atoms with Crippen LogP contribution in [0.2, 0.25) is 0 Å². The summed E-state index contributed by atoms with van der Waals surface area (Å²) in [6.07, 6.45) is 8.30. The van der Waals surface area contributed by atoms with E-state index in [4.69, 9.17) is 14.2 Å². The molecule has 3 saturated carbocycles. The van der Waals surface area contributed by atoms with Crippen LogP contribution in [-0.4, -0.2) is 88.4 Å². The zero-order chi connectivity index (χ0) is 34.3. The third-order valence-electron chi connectivity index (χ3n) is 13.3. The average molecular weight is 664 g/mol. The quantitative estimate of drug-likeness (QED) is 0.164. The number of hydrogen-bond acceptors (Lipinski definition) is 9. The Bertz CT molecular complexity index is 1130. The first-order chi connectivity index (χ1) is 22.2. The molecule has 0 radical (unpaired) electrons. The maximum atomic E-state index is 12.2. The van der Waals surface area contributed by atoms with Gasteiger partial charge in [0.1, 0.15) is 24.4 Å². The molecule has 1 heterocycles. The average Bonchev–Trinajstić information content (AvgIpc) is 3.31. The van der Waals surface area contributed by atoms with Gasteiger partial charge in [0.25, 0.3) is 0 Å². The Hall–Kier alpha value is -1.56. The van der Waals surface area contributed by atoms with Gasteiger partial charge in [-0.05, 0) is 97.2 Å². The van der Waals surface area contributed by atoms with E-state index in [1.54, 1.807) is 0 Å². The number of carbonyl (C=O) groups excluding carboxylic acids is 2. The fourth-order valence-electron chi connectivity index (χ4n) is 10.8. The van der Waals surface area contributed by atoms with Crippen molar-refractivity contribution in [2.75, 3.05) is 13.2 Å². The first kappa shape index (κ1) is 36.7. The molecule has 16 atom stereocenters. The molecule has 5 aliphatic rings. The predicted octanol–water partition coefficient (Wildman–Crippen LogP) is 3.73. The van der Waals surface area contributed by atoms with Crippen molar-refractivity contribution in [1.82, 2.24) is 5.32 Å². The normalized spacial score (nSPS) is 45.7. The van der Waals surface area contributed by atoms with E-state index in [9.17, 15) is 30.0 Å². The monoisotopic (exact) mass is 663 g/mol. The predicted molar refractivity (Wildman–Crippen MR) is 176 cm³/mol. The standard InChI is InChI=1S/C37H61NO9/c1-20(19-45-23(4)41)8-7-9-21(2)28-17-29(46-35-32(38-22(3)40)34(44)33(43)30(18-39)47-35)31-26-11-10-24-16-25(42)12-14-36(24,5)27(26)13-15-37(28,31)6/h10-11,20-21,24-35,39,42-44H,7-9,12-19H2,1-6H3,(H,38,40)/t20-,21-,24+,25+,26-,27?,28-,29+,30?,31?,32?,33+,34?,35+,36+,37-/m1/s1. The minimum absolute atomic E-state index is 0.0109. The fourth-order valence-corrected chi connectivity index (χ4v) is 10.8. The highest BCUT2D eigenvalue weighted by molar-refractivity contribution is 5.73. The number of rotatable bonds is 11. The van der Waals surface area contributed by atoms with E-state index >= 15 is 0 Å². The first-order valence-corrected chi connectivity index (χ1v) is 18.2. The van der Waals surface area contributed by atoms with Gasteiger partial charge >= 0.3 is 5.97 Å². The van der Waals surface area contributed by atoms with Crippen molar-refractivity contribution >= 4 is 11.9 Å². The van der Waals surface area contributed by atoms with Crippen LogP contribution < -0.4 is 5.32 Å². The van der Waals surface area contributed by atoms with Gasteiger partial charge in [0.05, 0.1) is 25.4 Å². The van der Waals surface area contributed by atoms with Crippen LogP contribution in [0.1, 0.15) is 99.3 Å². The molecule has 1 aliphatic heterocycles. The number of hydrogen-bond donors (Lipinski definition) is 5. The smallest absolute Gasteiger partial charge is 0.302 e. The number of carbonyl (C=O) groups is 2. The molecule has 4 aliphatic carbocycles. The van der Waals surface area contributed by atoms with Gasteiger partial charge in [0.2, 0.25) is 5.91 Å². The van der Waals surface area contributed by atoms with E-state index in [-0.39, 0.29) is 46.8 Å². The molecular formula is C37H61NO9. The highest BCUT2D eigenvalue weighted by Gasteiger charge is 2.63. The minimum Gasteiger partial charge on any atom is -0.466 e. The van der Waals surface area contributed by atoms with Crippen molar-refractivity contribution in [2.24, 2.45) is 52.3 Å². The number of esters is 1. The summed E-state index contributed by atoms with van der Waals surface area (Å²) in [6, 6.07) is -0.977. The van der Waals surface area contributed by atoms with Gasteiger partial charge in [0.15, 0.2) is 6.29 Å². The summed E-state index contributed by atoms with van der Waals surface area (Å²) in [7, 11) is 0. The molecule has 4 fully saturated rings. The fraction of sp³-hybridized carbons (Fsp3) is 0.892. The lowest BCUT2D eigenvalue weighted by molar-refractivity contribution is -0.288. The van der Waals surface area contributed by atoms with E-state index in [0.29, 0.717) is 36.2 Å². The number of aliphatic hydroxyl groups excluding tert-OH is 4. The molecule has 10 nitrogen and oxygen atoms in total. The van der Waals surface area contributed by atoms with Crippen LogP contribution in [0.15, 0.2) is 12.2 Å². The van der Waals surface area contributed by atoms with Crippen LogP contribution >= 0.6 is 0 Å². The second kappa shape index (κ2) is 14.7. The molecule has 0 aromatic carbocycles. The highest BCUT2D eigenvalue weighted by Crippen LogP contribution is 2.67. The molecule has 0 aromatic rings. The molecule has 0 aromatic heterocycles. The molecule has 1 saturated heterocycles. The Morgan fingerprint density at radius 3 is 2.40 bits per heavy atom. The topological polar surface area (TPSA) is 155 Å². The summed E-state index contributed by atoms with van der Waals surface area (Å²) in [5.41, 5.74) is 0.0949. The van der Waals surface area contributed by atoms with E-state index in [0.717, 1.165) is 57.8 Å². The summed E-state index contributed by atoms with van der Waals surface area (Å²) in [5.74, 6) is 1.77. The lowest BCUT2D eigenvalue weighted by atomic mass is 9.46. The summed E-state index contributed by atoms with van der Waals surface area (Å²) in [6.45, 7) is 12.1. The van der Waals surface area contributed by atoms with Crippen LogP contribution in [0.3, 0.4) is 0 Å². The van der Waals surface area contributed by atoms with Crippen molar-refractivity contribution < 1.29 is 44.2 Å². The summed E-state index contributed by atoms with van der Waals surface area (Å²) >= 11 is 0. The lowest BCUT2D eigenvalue weighted by Gasteiger charge is -2.59. The summed E-state index contributed by atoms with van der Waals surface area (Å²) in [5, 5.41) is 44.9. The van der Waals surface area contributed by atoms with Crippen molar-refractivity contribution in [3.05, 3.63) is 12.2 Å². The first-order valence-electron chi connectivity index (χ1n) is 18.2. The molecule has 47 heavy (non-hydrogen) atoms. The second-order valence-electron chi connectivity index (χ2n) is 16.4. The number of ether oxygens (including phenoxy) is 3. The molecule has 268 valence electrons. The molecule has 1 amide bonds. The molecular weight excluding hydrogens is 602 g/mol. The minimum atomic E-state index is -1.36.